The highest BCUT2D eigenvalue weighted by Crippen LogP contribution is 2.26. The summed E-state index contributed by atoms with van der Waals surface area (Å²) in [5.74, 6) is 4.21. The molecule has 1 aliphatic rings. The van der Waals surface area contributed by atoms with E-state index in [4.69, 9.17) is 10.2 Å². The zero-order valence-electron chi connectivity index (χ0n) is 8.24. The minimum Gasteiger partial charge on any atom is -0.449 e. The van der Waals surface area contributed by atoms with Crippen LogP contribution in [0.5, 0.6) is 0 Å². The average molecular weight is 212 g/mol. The second-order valence-electron chi connectivity index (χ2n) is 3.70. The highest BCUT2D eigenvalue weighted by atomic mass is 32.2. The lowest BCUT2D eigenvalue weighted by Gasteiger charge is -2.02. The van der Waals surface area contributed by atoms with Crippen LogP contribution in [0.25, 0.3) is 0 Å². The van der Waals surface area contributed by atoms with E-state index in [0.29, 0.717) is 6.54 Å². The van der Waals surface area contributed by atoms with E-state index in [2.05, 4.69) is 4.98 Å². The van der Waals surface area contributed by atoms with Crippen LogP contribution in [0.15, 0.2) is 10.7 Å². The molecule has 0 aromatic carbocycles. The number of rotatable bonds is 4. The number of aromatic nitrogens is 1. The molecular formula is C10H16N2OS. The van der Waals surface area contributed by atoms with Crippen molar-refractivity contribution in [2.45, 2.75) is 19.3 Å². The number of oxazole rings is 1. The molecule has 0 amide bonds. The normalized spacial score (nSPS) is 21.6. The third-order valence-electron chi connectivity index (χ3n) is 2.49. The molecule has 1 unspecified atom stereocenters. The second-order valence-corrected chi connectivity index (χ2v) is 4.85. The molecule has 1 fully saturated rings. The Morgan fingerprint density at radius 3 is 3.29 bits per heavy atom. The Hall–Kier alpha value is -0.480. The van der Waals surface area contributed by atoms with Gasteiger partial charge in [-0.3, -0.25) is 0 Å². The van der Waals surface area contributed by atoms with Crippen molar-refractivity contribution in [3.8, 4) is 0 Å². The van der Waals surface area contributed by atoms with E-state index in [1.54, 1.807) is 6.26 Å². The van der Waals surface area contributed by atoms with E-state index in [1.807, 2.05) is 11.8 Å². The number of hydrogen-bond donors (Lipinski definition) is 1. The maximum absolute atomic E-state index is 5.45. The van der Waals surface area contributed by atoms with Gasteiger partial charge in [-0.15, -0.1) is 0 Å². The van der Waals surface area contributed by atoms with Crippen LogP contribution >= 0.6 is 11.8 Å². The summed E-state index contributed by atoms with van der Waals surface area (Å²) in [6.07, 6.45) is 4.87. The van der Waals surface area contributed by atoms with Gasteiger partial charge < -0.3 is 10.2 Å². The third-order valence-corrected chi connectivity index (χ3v) is 3.72. The molecule has 1 saturated heterocycles. The van der Waals surface area contributed by atoms with E-state index in [1.165, 1.54) is 17.9 Å². The Morgan fingerprint density at radius 1 is 1.64 bits per heavy atom. The van der Waals surface area contributed by atoms with Gasteiger partial charge in [0.05, 0.1) is 5.69 Å². The van der Waals surface area contributed by atoms with Gasteiger partial charge in [0, 0.05) is 12.8 Å². The van der Waals surface area contributed by atoms with E-state index >= 15 is 0 Å². The fourth-order valence-corrected chi connectivity index (χ4v) is 2.98. The zero-order chi connectivity index (χ0) is 9.80. The predicted octanol–water partition coefficient (Wildman–Crippen LogP) is 1.47. The lowest BCUT2D eigenvalue weighted by Crippen LogP contribution is -2.05. The third kappa shape index (κ3) is 2.51. The number of hydrogen-bond acceptors (Lipinski definition) is 4. The van der Waals surface area contributed by atoms with E-state index in [9.17, 15) is 0 Å². The maximum Gasteiger partial charge on any atom is 0.194 e. The van der Waals surface area contributed by atoms with Crippen LogP contribution in [-0.4, -0.2) is 23.0 Å². The lowest BCUT2D eigenvalue weighted by molar-refractivity contribution is 0.447. The highest BCUT2D eigenvalue weighted by Gasteiger charge is 2.18. The van der Waals surface area contributed by atoms with Crippen LogP contribution in [0.2, 0.25) is 0 Å². The molecule has 1 aromatic heterocycles. The molecule has 78 valence electrons. The van der Waals surface area contributed by atoms with Crippen molar-refractivity contribution in [3.05, 3.63) is 17.8 Å². The molecule has 2 N–H and O–H groups in total. The Balaban J connectivity index is 1.88. The Labute approximate surface area is 88.5 Å². The average Bonchev–Trinajstić information content (AvgIpc) is 2.79. The Kier molecular flexibility index (Phi) is 3.48. The van der Waals surface area contributed by atoms with Crippen molar-refractivity contribution in [2.24, 2.45) is 11.7 Å². The van der Waals surface area contributed by atoms with E-state index in [-0.39, 0.29) is 0 Å². The zero-order valence-corrected chi connectivity index (χ0v) is 9.05. The standard InChI is InChI=1S/C10H16N2OS/c11-3-1-9-6-13-10(12-9)5-8-2-4-14-7-8/h6,8H,1-5,7,11H2. The fourth-order valence-electron chi connectivity index (χ4n) is 1.70. The molecule has 14 heavy (non-hydrogen) atoms. The van der Waals surface area contributed by atoms with Crippen LogP contribution < -0.4 is 5.73 Å². The van der Waals surface area contributed by atoms with Crippen LogP contribution in [0.4, 0.5) is 0 Å². The molecule has 0 saturated carbocycles. The van der Waals surface area contributed by atoms with Crippen molar-refractivity contribution < 1.29 is 4.42 Å². The molecule has 1 atom stereocenters. The summed E-state index contributed by atoms with van der Waals surface area (Å²) in [5, 5.41) is 0. The molecule has 0 spiro atoms. The van der Waals surface area contributed by atoms with Gasteiger partial charge in [0.25, 0.3) is 0 Å². The van der Waals surface area contributed by atoms with Crippen LogP contribution in [0.1, 0.15) is 18.0 Å². The predicted molar refractivity (Wildman–Crippen MR) is 58.4 cm³/mol. The van der Waals surface area contributed by atoms with Crippen molar-refractivity contribution in [1.82, 2.24) is 4.98 Å². The number of nitrogens with zero attached hydrogens (tertiary/aromatic N) is 1. The summed E-state index contributed by atoms with van der Waals surface area (Å²) in [4.78, 5) is 4.41. The molecular weight excluding hydrogens is 196 g/mol. The van der Waals surface area contributed by atoms with Gasteiger partial charge in [0.15, 0.2) is 5.89 Å². The van der Waals surface area contributed by atoms with Gasteiger partial charge in [0.1, 0.15) is 6.26 Å². The first-order chi connectivity index (χ1) is 6.88. The van der Waals surface area contributed by atoms with Crippen molar-refractivity contribution in [1.29, 1.82) is 0 Å². The van der Waals surface area contributed by atoms with Gasteiger partial charge in [-0.05, 0) is 30.4 Å². The van der Waals surface area contributed by atoms with Gasteiger partial charge in [0.2, 0.25) is 0 Å². The Morgan fingerprint density at radius 2 is 2.57 bits per heavy atom. The van der Waals surface area contributed by atoms with E-state index in [0.717, 1.165) is 30.3 Å². The lowest BCUT2D eigenvalue weighted by atomic mass is 10.1. The summed E-state index contributed by atoms with van der Waals surface area (Å²) in [7, 11) is 0. The maximum atomic E-state index is 5.45. The summed E-state index contributed by atoms with van der Waals surface area (Å²) < 4.78 is 5.40. The van der Waals surface area contributed by atoms with Crippen molar-refractivity contribution in [3.63, 3.8) is 0 Å². The summed E-state index contributed by atoms with van der Waals surface area (Å²) in [6.45, 7) is 0.644. The summed E-state index contributed by atoms with van der Waals surface area (Å²) >= 11 is 2.03. The SMILES string of the molecule is NCCc1coc(CC2CCSC2)n1. The Bertz CT molecular complexity index is 281. The number of nitrogens with two attached hydrogens (primary N) is 1. The topological polar surface area (TPSA) is 52.0 Å². The van der Waals surface area contributed by atoms with Gasteiger partial charge in [-0.1, -0.05) is 0 Å². The molecule has 2 rings (SSSR count). The van der Waals surface area contributed by atoms with Gasteiger partial charge in [-0.2, -0.15) is 11.8 Å². The quantitative estimate of drug-likeness (QED) is 0.821. The van der Waals surface area contributed by atoms with Crippen LogP contribution in [-0.2, 0) is 12.8 Å². The summed E-state index contributed by atoms with van der Waals surface area (Å²) in [5.41, 5.74) is 6.44. The smallest absolute Gasteiger partial charge is 0.194 e. The molecule has 1 aliphatic heterocycles. The first-order valence-electron chi connectivity index (χ1n) is 5.09. The minimum atomic E-state index is 0.644. The molecule has 0 radical (unpaired) electrons. The highest BCUT2D eigenvalue weighted by molar-refractivity contribution is 7.99. The number of thioether (sulfide) groups is 1. The minimum absolute atomic E-state index is 0.644. The van der Waals surface area contributed by atoms with Crippen molar-refractivity contribution in [2.75, 3.05) is 18.1 Å². The second kappa shape index (κ2) is 4.84. The molecule has 0 bridgehead atoms. The van der Waals surface area contributed by atoms with Gasteiger partial charge in [-0.25, -0.2) is 4.98 Å². The largest absolute Gasteiger partial charge is 0.449 e. The van der Waals surface area contributed by atoms with Crippen LogP contribution in [0.3, 0.4) is 0 Å². The van der Waals surface area contributed by atoms with E-state index < -0.39 is 0 Å². The first-order valence-corrected chi connectivity index (χ1v) is 6.25. The molecule has 2 heterocycles. The fraction of sp³-hybridized carbons (Fsp3) is 0.700. The first kappa shape index (κ1) is 10.1. The molecule has 1 aromatic rings. The molecule has 0 aliphatic carbocycles. The monoisotopic (exact) mass is 212 g/mol. The van der Waals surface area contributed by atoms with Crippen LogP contribution in [0, 0.1) is 5.92 Å². The molecule has 3 nitrogen and oxygen atoms in total. The van der Waals surface area contributed by atoms with Crippen molar-refractivity contribution >= 4 is 11.8 Å². The van der Waals surface area contributed by atoms with Gasteiger partial charge >= 0.3 is 0 Å². The molecule has 4 heteroatoms. The summed E-state index contributed by atoms with van der Waals surface area (Å²) in [6, 6.07) is 0.